The van der Waals surface area contributed by atoms with Crippen molar-refractivity contribution in [1.82, 2.24) is 4.98 Å². The number of nitrogens with one attached hydrogen (secondary N) is 1. The third-order valence-electron chi connectivity index (χ3n) is 3.14. The minimum Gasteiger partial charge on any atom is -0.478 e. The number of aromatic nitrogens is 1. The van der Waals surface area contributed by atoms with Gasteiger partial charge in [-0.05, 0) is 42.7 Å². The Morgan fingerprint density at radius 1 is 1.21 bits per heavy atom. The second-order valence-electron chi connectivity index (χ2n) is 4.74. The number of aromatic carboxylic acids is 1. The summed E-state index contributed by atoms with van der Waals surface area (Å²) >= 11 is 0. The molecule has 2 aromatic rings. The summed E-state index contributed by atoms with van der Waals surface area (Å²) in [6.07, 6.45) is 4.19. The van der Waals surface area contributed by atoms with Gasteiger partial charge in [0, 0.05) is 17.8 Å². The summed E-state index contributed by atoms with van der Waals surface area (Å²) in [6.45, 7) is 0. The highest BCUT2D eigenvalue weighted by molar-refractivity contribution is 5.89. The van der Waals surface area contributed by atoms with Crippen molar-refractivity contribution in [3.63, 3.8) is 0 Å². The van der Waals surface area contributed by atoms with Gasteiger partial charge in [0.25, 0.3) is 0 Å². The van der Waals surface area contributed by atoms with Crippen LogP contribution in [0.25, 0.3) is 11.1 Å². The normalized spacial score (nSPS) is 14.1. The third kappa shape index (κ3) is 2.73. The van der Waals surface area contributed by atoms with E-state index in [-0.39, 0.29) is 5.56 Å². The number of carboxylic acids is 1. The lowest BCUT2D eigenvalue weighted by Gasteiger charge is -2.06. The molecule has 4 nitrogen and oxygen atoms in total. The first-order valence-corrected chi connectivity index (χ1v) is 6.29. The van der Waals surface area contributed by atoms with E-state index in [2.05, 4.69) is 10.3 Å². The minimum absolute atomic E-state index is 0.290. The predicted octanol–water partition coefficient (Wildman–Crippen LogP) is 3.02. The number of carbonyl (C=O) groups is 1. The van der Waals surface area contributed by atoms with Crippen molar-refractivity contribution >= 4 is 11.8 Å². The maximum atomic E-state index is 10.9. The summed E-state index contributed by atoms with van der Waals surface area (Å²) in [5.74, 6) is -0.0394. The van der Waals surface area contributed by atoms with Gasteiger partial charge in [0.15, 0.2) is 0 Å². The lowest BCUT2D eigenvalue weighted by atomic mass is 10.0. The third-order valence-corrected chi connectivity index (χ3v) is 3.14. The van der Waals surface area contributed by atoms with Gasteiger partial charge in [-0.2, -0.15) is 0 Å². The Balaban J connectivity index is 1.84. The van der Waals surface area contributed by atoms with Gasteiger partial charge in [0.05, 0.1) is 5.56 Å². The van der Waals surface area contributed by atoms with Crippen molar-refractivity contribution < 1.29 is 9.90 Å². The van der Waals surface area contributed by atoms with E-state index in [1.165, 1.54) is 12.8 Å². The monoisotopic (exact) mass is 254 g/mol. The summed E-state index contributed by atoms with van der Waals surface area (Å²) in [5.41, 5.74) is 2.08. The number of carboxylic acid groups (broad SMARTS) is 1. The standard InChI is InChI=1S/C15H14N2O2/c18-15(19)11-3-1-2-10(8-11)12-4-7-14(16-9-12)17-13-5-6-13/h1-4,7-9,13H,5-6H2,(H,16,17)(H,18,19). The van der Waals surface area contributed by atoms with E-state index < -0.39 is 5.97 Å². The van der Waals surface area contributed by atoms with Crippen molar-refractivity contribution in [1.29, 1.82) is 0 Å². The summed E-state index contributed by atoms with van der Waals surface area (Å²) in [6, 6.07) is 11.3. The van der Waals surface area contributed by atoms with Crippen molar-refractivity contribution in [3.8, 4) is 11.1 Å². The summed E-state index contributed by atoms with van der Waals surface area (Å²) in [5, 5.41) is 12.3. The van der Waals surface area contributed by atoms with Crippen LogP contribution in [0.2, 0.25) is 0 Å². The van der Waals surface area contributed by atoms with Gasteiger partial charge in [-0.1, -0.05) is 12.1 Å². The van der Waals surface area contributed by atoms with Crippen LogP contribution >= 0.6 is 0 Å². The van der Waals surface area contributed by atoms with Gasteiger partial charge in [0.2, 0.25) is 0 Å². The van der Waals surface area contributed by atoms with Crippen LogP contribution < -0.4 is 5.32 Å². The van der Waals surface area contributed by atoms with Crippen LogP contribution in [0.4, 0.5) is 5.82 Å². The van der Waals surface area contributed by atoms with Gasteiger partial charge < -0.3 is 10.4 Å². The largest absolute Gasteiger partial charge is 0.478 e. The van der Waals surface area contributed by atoms with E-state index >= 15 is 0 Å². The van der Waals surface area contributed by atoms with E-state index in [1.54, 1.807) is 24.4 Å². The highest BCUT2D eigenvalue weighted by atomic mass is 16.4. The van der Waals surface area contributed by atoms with Gasteiger partial charge in [0.1, 0.15) is 5.82 Å². The van der Waals surface area contributed by atoms with Crippen LogP contribution in [-0.2, 0) is 0 Å². The van der Waals surface area contributed by atoms with Gasteiger partial charge in [-0.3, -0.25) is 0 Å². The van der Waals surface area contributed by atoms with E-state index in [9.17, 15) is 4.79 Å². The zero-order valence-corrected chi connectivity index (χ0v) is 10.3. The fourth-order valence-corrected chi connectivity index (χ4v) is 1.92. The number of benzene rings is 1. The molecule has 0 aliphatic heterocycles. The average Bonchev–Trinajstić information content (AvgIpc) is 3.24. The van der Waals surface area contributed by atoms with E-state index in [4.69, 9.17) is 5.11 Å². The Bertz CT molecular complexity index is 604. The van der Waals surface area contributed by atoms with Crippen LogP contribution in [0.15, 0.2) is 42.6 Å². The molecule has 0 amide bonds. The topological polar surface area (TPSA) is 62.2 Å². The lowest BCUT2D eigenvalue weighted by Crippen LogP contribution is -2.02. The zero-order chi connectivity index (χ0) is 13.2. The first kappa shape index (κ1) is 11.7. The number of pyridine rings is 1. The Labute approximate surface area is 111 Å². The van der Waals surface area contributed by atoms with Gasteiger partial charge >= 0.3 is 5.97 Å². The Morgan fingerprint density at radius 3 is 2.68 bits per heavy atom. The second-order valence-corrected chi connectivity index (χ2v) is 4.74. The smallest absolute Gasteiger partial charge is 0.335 e. The number of hydrogen-bond acceptors (Lipinski definition) is 3. The van der Waals surface area contributed by atoms with Gasteiger partial charge in [-0.15, -0.1) is 0 Å². The molecular weight excluding hydrogens is 240 g/mol. The lowest BCUT2D eigenvalue weighted by molar-refractivity contribution is 0.0697. The summed E-state index contributed by atoms with van der Waals surface area (Å²) in [4.78, 5) is 15.3. The molecule has 1 aromatic carbocycles. The number of rotatable bonds is 4. The molecule has 96 valence electrons. The molecule has 2 N–H and O–H groups in total. The van der Waals surface area contributed by atoms with E-state index in [0.717, 1.165) is 16.9 Å². The fraction of sp³-hybridized carbons (Fsp3) is 0.200. The number of hydrogen-bond donors (Lipinski definition) is 2. The van der Waals surface area contributed by atoms with Crippen molar-refractivity contribution in [2.75, 3.05) is 5.32 Å². The number of nitrogens with zero attached hydrogens (tertiary/aromatic N) is 1. The Hall–Kier alpha value is -2.36. The highest BCUT2D eigenvalue weighted by Gasteiger charge is 2.21. The molecule has 0 unspecified atom stereocenters. The van der Waals surface area contributed by atoms with Crippen LogP contribution in [0.1, 0.15) is 23.2 Å². The molecule has 19 heavy (non-hydrogen) atoms. The molecule has 0 saturated heterocycles. The second kappa shape index (κ2) is 4.72. The quantitative estimate of drug-likeness (QED) is 0.880. The Kier molecular flexibility index (Phi) is 2.91. The zero-order valence-electron chi connectivity index (χ0n) is 10.3. The molecule has 1 aliphatic carbocycles. The molecule has 0 bridgehead atoms. The summed E-state index contributed by atoms with van der Waals surface area (Å²) < 4.78 is 0. The first-order chi connectivity index (χ1) is 9.22. The molecular formula is C15H14N2O2. The van der Waals surface area contributed by atoms with Crippen LogP contribution in [0.3, 0.4) is 0 Å². The Morgan fingerprint density at radius 2 is 2.05 bits per heavy atom. The molecule has 0 atom stereocenters. The molecule has 1 fully saturated rings. The van der Waals surface area contributed by atoms with Crippen LogP contribution in [0, 0.1) is 0 Å². The molecule has 1 aromatic heterocycles. The van der Waals surface area contributed by atoms with Crippen LogP contribution in [0.5, 0.6) is 0 Å². The summed E-state index contributed by atoms with van der Waals surface area (Å²) in [7, 11) is 0. The SMILES string of the molecule is O=C(O)c1cccc(-c2ccc(NC3CC3)nc2)c1. The predicted molar refractivity (Wildman–Crippen MR) is 73.3 cm³/mol. The van der Waals surface area contributed by atoms with Crippen molar-refractivity contribution in [2.24, 2.45) is 0 Å². The van der Waals surface area contributed by atoms with Crippen LogP contribution in [-0.4, -0.2) is 22.1 Å². The molecule has 0 spiro atoms. The van der Waals surface area contributed by atoms with Crippen molar-refractivity contribution in [3.05, 3.63) is 48.2 Å². The number of anilines is 1. The van der Waals surface area contributed by atoms with E-state index in [0.29, 0.717) is 6.04 Å². The maximum Gasteiger partial charge on any atom is 0.335 e. The highest BCUT2D eigenvalue weighted by Crippen LogP contribution is 2.25. The van der Waals surface area contributed by atoms with Gasteiger partial charge in [-0.25, -0.2) is 9.78 Å². The first-order valence-electron chi connectivity index (χ1n) is 6.29. The average molecular weight is 254 g/mol. The molecule has 1 heterocycles. The molecule has 0 radical (unpaired) electrons. The minimum atomic E-state index is -0.915. The molecule has 1 aliphatic rings. The fourth-order valence-electron chi connectivity index (χ4n) is 1.92. The molecule has 1 saturated carbocycles. The van der Waals surface area contributed by atoms with Crippen molar-refractivity contribution in [2.45, 2.75) is 18.9 Å². The molecule has 3 rings (SSSR count). The maximum absolute atomic E-state index is 10.9. The molecule has 4 heteroatoms. The van der Waals surface area contributed by atoms with E-state index in [1.807, 2.05) is 18.2 Å².